The van der Waals surface area contributed by atoms with E-state index in [2.05, 4.69) is 24.7 Å². The Hall–Kier alpha value is -3.27. The molecule has 0 radical (unpaired) electrons. The van der Waals surface area contributed by atoms with Gasteiger partial charge in [0.1, 0.15) is 5.82 Å². The summed E-state index contributed by atoms with van der Waals surface area (Å²) in [4.78, 5) is 38.0. The number of halogens is 2. The van der Waals surface area contributed by atoms with Crippen LogP contribution in [-0.4, -0.2) is 33.0 Å². The number of H-pyrrole nitrogens is 2. The molecule has 142 valence electrons. The van der Waals surface area contributed by atoms with E-state index in [1.807, 2.05) is 0 Å². The maximum atomic E-state index is 13.3. The van der Waals surface area contributed by atoms with Crippen LogP contribution >= 0.6 is 11.8 Å². The molecule has 0 spiro atoms. The van der Waals surface area contributed by atoms with E-state index in [4.69, 9.17) is 0 Å². The van der Waals surface area contributed by atoms with E-state index in [0.717, 1.165) is 12.1 Å². The number of hydrogen-bond acceptors (Lipinski definition) is 6. The summed E-state index contributed by atoms with van der Waals surface area (Å²) < 4.78 is 31.3. The zero-order chi connectivity index (χ0) is 19.8. The molecule has 0 saturated heterocycles. The number of esters is 1. The van der Waals surface area contributed by atoms with Crippen LogP contribution < -0.4 is 5.56 Å². The zero-order valence-electron chi connectivity index (χ0n) is 14.4. The summed E-state index contributed by atoms with van der Waals surface area (Å²) in [7, 11) is 1.27. The van der Waals surface area contributed by atoms with Crippen LogP contribution in [0.2, 0.25) is 0 Å². The fraction of sp³-hybridized carbons (Fsp3) is 0.111. The average molecular weight is 402 g/mol. The molecule has 0 aliphatic carbocycles. The van der Waals surface area contributed by atoms with E-state index in [0.29, 0.717) is 32.9 Å². The van der Waals surface area contributed by atoms with Crippen molar-refractivity contribution in [2.45, 2.75) is 10.9 Å². The van der Waals surface area contributed by atoms with E-state index >= 15 is 0 Å². The molecular formula is C18H12F2N4O3S. The average Bonchev–Trinajstić information content (AvgIpc) is 3.07. The Balaban J connectivity index is 1.62. The normalized spacial score (nSPS) is 11.2. The van der Waals surface area contributed by atoms with Crippen molar-refractivity contribution in [1.82, 2.24) is 19.9 Å². The Kier molecular flexibility index (Phi) is 4.55. The van der Waals surface area contributed by atoms with E-state index in [9.17, 15) is 18.4 Å². The number of aromatic amines is 2. The Morgan fingerprint density at radius 1 is 1.11 bits per heavy atom. The van der Waals surface area contributed by atoms with Crippen LogP contribution in [0.3, 0.4) is 0 Å². The number of ether oxygens (including phenoxy) is 1. The molecule has 2 N–H and O–H groups in total. The van der Waals surface area contributed by atoms with Crippen molar-refractivity contribution in [3.05, 3.63) is 63.7 Å². The lowest BCUT2D eigenvalue weighted by molar-refractivity contribution is 0.0601. The highest BCUT2D eigenvalue weighted by Crippen LogP contribution is 2.24. The molecule has 4 aromatic rings. The molecule has 2 aromatic carbocycles. The summed E-state index contributed by atoms with van der Waals surface area (Å²) in [5.74, 6) is -1.85. The number of nitrogens with one attached hydrogen (secondary N) is 2. The fourth-order valence-electron chi connectivity index (χ4n) is 2.69. The number of nitrogens with zero attached hydrogens (tertiary/aromatic N) is 2. The van der Waals surface area contributed by atoms with E-state index in [-0.39, 0.29) is 16.9 Å². The van der Waals surface area contributed by atoms with Crippen molar-refractivity contribution < 1.29 is 18.3 Å². The number of thioether (sulfide) groups is 1. The standard InChI is InChI=1S/C18H12F2N4O3S/c1-27-17(26)8-2-3-9-12(4-8)21-15(24-16(9)25)7-28-18-22-13-5-10(19)11(20)6-14(13)23-18/h2-6H,7H2,1H3,(H,22,23)(H,21,24,25). The van der Waals surface area contributed by atoms with Crippen LogP contribution in [0.4, 0.5) is 8.78 Å². The van der Waals surface area contributed by atoms with Gasteiger partial charge in [-0.15, -0.1) is 0 Å². The Morgan fingerprint density at radius 2 is 1.89 bits per heavy atom. The van der Waals surface area contributed by atoms with Crippen LogP contribution in [0.25, 0.3) is 21.9 Å². The SMILES string of the molecule is COC(=O)c1ccc2c(=O)[nH]c(CSc3nc4cc(F)c(F)cc4[nH]3)nc2c1. The van der Waals surface area contributed by atoms with Crippen molar-refractivity contribution in [2.24, 2.45) is 0 Å². The van der Waals surface area contributed by atoms with Gasteiger partial charge in [0.05, 0.1) is 40.4 Å². The third kappa shape index (κ3) is 3.33. The number of hydrogen-bond donors (Lipinski definition) is 2. The van der Waals surface area contributed by atoms with E-state index in [1.54, 1.807) is 0 Å². The summed E-state index contributed by atoms with van der Waals surface area (Å²) in [6.07, 6.45) is 0. The minimum Gasteiger partial charge on any atom is -0.465 e. The molecule has 2 heterocycles. The molecule has 0 aliphatic rings. The Labute approximate surface area is 160 Å². The first-order chi connectivity index (χ1) is 13.4. The molecule has 0 bridgehead atoms. The smallest absolute Gasteiger partial charge is 0.337 e. The molecule has 28 heavy (non-hydrogen) atoms. The van der Waals surface area contributed by atoms with Gasteiger partial charge in [-0.3, -0.25) is 4.79 Å². The quantitative estimate of drug-likeness (QED) is 0.402. The van der Waals surface area contributed by atoms with Crippen LogP contribution in [0.15, 0.2) is 40.3 Å². The van der Waals surface area contributed by atoms with Gasteiger partial charge in [0.25, 0.3) is 5.56 Å². The maximum absolute atomic E-state index is 13.3. The molecule has 4 rings (SSSR count). The topological polar surface area (TPSA) is 101 Å². The van der Waals surface area contributed by atoms with Gasteiger partial charge >= 0.3 is 5.97 Å². The summed E-state index contributed by atoms with van der Waals surface area (Å²) >= 11 is 1.21. The van der Waals surface area contributed by atoms with Gasteiger partial charge in [-0.1, -0.05) is 11.8 Å². The molecule has 10 heteroatoms. The van der Waals surface area contributed by atoms with Gasteiger partial charge in [0, 0.05) is 12.1 Å². The van der Waals surface area contributed by atoms with Gasteiger partial charge in [-0.05, 0) is 18.2 Å². The number of imidazole rings is 1. The molecule has 0 fully saturated rings. The first-order valence-electron chi connectivity index (χ1n) is 8.03. The van der Waals surface area contributed by atoms with Gasteiger partial charge in [0.15, 0.2) is 16.8 Å². The van der Waals surface area contributed by atoms with Gasteiger partial charge in [-0.2, -0.15) is 0 Å². The van der Waals surface area contributed by atoms with Crippen LogP contribution in [0.1, 0.15) is 16.2 Å². The Bertz CT molecular complexity index is 1250. The number of aromatic nitrogens is 4. The second-order valence-electron chi connectivity index (χ2n) is 5.85. The minimum atomic E-state index is -0.975. The third-order valence-electron chi connectivity index (χ3n) is 4.02. The van der Waals surface area contributed by atoms with Crippen LogP contribution in [0, 0.1) is 11.6 Å². The monoisotopic (exact) mass is 402 g/mol. The van der Waals surface area contributed by atoms with Gasteiger partial charge < -0.3 is 14.7 Å². The minimum absolute atomic E-state index is 0.248. The first-order valence-corrected chi connectivity index (χ1v) is 9.02. The number of fused-ring (bicyclic) bond motifs is 2. The molecule has 0 aliphatic heterocycles. The molecular weight excluding hydrogens is 390 g/mol. The highest BCUT2D eigenvalue weighted by Gasteiger charge is 2.12. The molecule has 0 atom stereocenters. The van der Waals surface area contributed by atoms with Crippen molar-refractivity contribution in [2.75, 3.05) is 7.11 Å². The van der Waals surface area contributed by atoms with Crippen LogP contribution in [0.5, 0.6) is 0 Å². The van der Waals surface area contributed by atoms with Crippen molar-refractivity contribution >= 4 is 39.7 Å². The molecule has 2 aromatic heterocycles. The van der Waals surface area contributed by atoms with E-state index in [1.165, 1.54) is 37.1 Å². The summed E-state index contributed by atoms with van der Waals surface area (Å²) in [5, 5.41) is 0.766. The predicted octanol–water partition coefficient (Wildman–Crippen LogP) is 3.16. The molecule has 0 saturated carbocycles. The second kappa shape index (κ2) is 7.04. The lowest BCUT2D eigenvalue weighted by atomic mass is 10.1. The molecule has 0 amide bonds. The number of rotatable bonds is 4. The van der Waals surface area contributed by atoms with Crippen molar-refractivity contribution in [1.29, 1.82) is 0 Å². The highest BCUT2D eigenvalue weighted by atomic mass is 32.2. The van der Waals surface area contributed by atoms with Crippen LogP contribution in [-0.2, 0) is 10.5 Å². The number of methoxy groups -OCH3 is 1. The summed E-state index contributed by atoms with van der Waals surface area (Å²) in [6.45, 7) is 0. The van der Waals surface area contributed by atoms with Crippen molar-refractivity contribution in [3.63, 3.8) is 0 Å². The summed E-state index contributed by atoms with van der Waals surface area (Å²) in [6, 6.07) is 6.53. The third-order valence-corrected chi connectivity index (χ3v) is 4.91. The lowest BCUT2D eigenvalue weighted by Gasteiger charge is -2.04. The highest BCUT2D eigenvalue weighted by molar-refractivity contribution is 7.98. The molecule has 7 nitrogen and oxygen atoms in total. The summed E-state index contributed by atoms with van der Waals surface area (Å²) in [5.41, 5.74) is 0.961. The lowest BCUT2D eigenvalue weighted by Crippen LogP contribution is -2.12. The predicted molar refractivity (Wildman–Crippen MR) is 99.3 cm³/mol. The second-order valence-corrected chi connectivity index (χ2v) is 6.81. The maximum Gasteiger partial charge on any atom is 0.337 e. The van der Waals surface area contributed by atoms with Gasteiger partial charge in [-0.25, -0.2) is 23.5 Å². The Morgan fingerprint density at radius 3 is 2.68 bits per heavy atom. The fourth-order valence-corrected chi connectivity index (χ4v) is 3.44. The number of carbonyl (C=O) groups excluding carboxylic acids is 1. The number of benzene rings is 2. The largest absolute Gasteiger partial charge is 0.465 e. The van der Waals surface area contributed by atoms with Gasteiger partial charge in [0.2, 0.25) is 0 Å². The zero-order valence-corrected chi connectivity index (χ0v) is 15.2. The van der Waals surface area contributed by atoms with Crippen molar-refractivity contribution in [3.8, 4) is 0 Å². The molecule has 0 unspecified atom stereocenters. The number of carbonyl (C=O) groups is 1. The first kappa shape index (κ1) is 18.1. The van der Waals surface area contributed by atoms with E-state index < -0.39 is 17.6 Å².